The predicted molar refractivity (Wildman–Crippen MR) is 140 cm³/mol. The Morgan fingerprint density at radius 1 is 1.21 bits per heavy atom. The molecule has 0 bridgehead atoms. The summed E-state index contributed by atoms with van der Waals surface area (Å²) in [4.78, 5) is 32.2. The van der Waals surface area contributed by atoms with Crippen molar-refractivity contribution in [3.63, 3.8) is 0 Å². The van der Waals surface area contributed by atoms with Crippen LogP contribution >= 0.6 is 0 Å². The minimum atomic E-state index is -0.150. The Labute approximate surface area is 205 Å². The van der Waals surface area contributed by atoms with Gasteiger partial charge in [-0.2, -0.15) is 0 Å². The second-order valence-corrected chi connectivity index (χ2v) is 9.58. The number of amides is 2. The van der Waals surface area contributed by atoms with Gasteiger partial charge < -0.3 is 9.80 Å². The van der Waals surface area contributed by atoms with Gasteiger partial charge in [-0.15, -0.1) is 6.58 Å². The quantitative estimate of drug-likeness (QED) is 0.482. The molecule has 0 aromatic heterocycles. The minimum absolute atomic E-state index is 0.138. The number of nitrogens with zero attached hydrogens (tertiary/aromatic N) is 3. The van der Waals surface area contributed by atoms with Gasteiger partial charge in [-0.1, -0.05) is 37.0 Å². The normalized spacial score (nSPS) is 25.4. The number of carbonyl (C=O) groups is 2. The first-order valence-electron chi connectivity index (χ1n) is 12.7. The zero-order valence-electron chi connectivity index (χ0n) is 21.4. The highest BCUT2D eigenvalue weighted by Gasteiger charge is 2.38. The van der Waals surface area contributed by atoms with Crippen molar-refractivity contribution < 1.29 is 9.59 Å². The Bertz CT molecular complexity index is 927. The maximum absolute atomic E-state index is 13.1. The smallest absolute Gasteiger partial charge is 0.230 e. The summed E-state index contributed by atoms with van der Waals surface area (Å²) in [6, 6.07) is 0.170. The highest BCUT2D eigenvalue weighted by Crippen LogP contribution is 2.42. The molecule has 1 fully saturated rings. The van der Waals surface area contributed by atoms with E-state index >= 15 is 0 Å². The van der Waals surface area contributed by atoms with Crippen LogP contribution in [0.4, 0.5) is 0 Å². The lowest BCUT2D eigenvalue weighted by Gasteiger charge is -2.43. The van der Waals surface area contributed by atoms with Crippen LogP contribution in [0.2, 0.25) is 0 Å². The summed E-state index contributed by atoms with van der Waals surface area (Å²) in [5, 5.41) is 0. The highest BCUT2D eigenvalue weighted by molar-refractivity contribution is 5.82. The maximum atomic E-state index is 13.1. The fourth-order valence-corrected chi connectivity index (χ4v) is 5.42. The Morgan fingerprint density at radius 2 is 1.88 bits per heavy atom. The van der Waals surface area contributed by atoms with Gasteiger partial charge in [-0.3, -0.25) is 14.5 Å². The van der Waals surface area contributed by atoms with Gasteiger partial charge in [0.1, 0.15) is 0 Å². The third-order valence-corrected chi connectivity index (χ3v) is 7.40. The number of hydrogen-bond donors (Lipinski definition) is 0. The second-order valence-electron chi connectivity index (χ2n) is 9.58. The molecule has 5 nitrogen and oxygen atoms in total. The van der Waals surface area contributed by atoms with Crippen LogP contribution in [0.3, 0.4) is 0 Å². The Hall–Kier alpha value is -2.66. The first-order chi connectivity index (χ1) is 16.3. The van der Waals surface area contributed by atoms with Gasteiger partial charge >= 0.3 is 0 Å². The van der Waals surface area contributed by atoms with E-state index in [2.05, 4.69) is 49.4 Å². The fraction of sp³-hybridized carbons (Fsp3) is 0.517. The van der Waals surface area contributed by atoms with Crippen LogP contribution in [0.25, 0.3) is 0 Å². The lowest BCUT2D eigenvalue weighted by molar-refractivity contribution is -0.134. The van der Waals surface area contributed by atoms with Gasteiger partial charge in [0, 0.05) is 44.8 Å². The number of fused-ring (bicyclic) bond motifs is 1. The van der Waals surface area contributed by atoms with E-state index in [4.69, 9.17) is 0 Å². The summed E-state index contributed by atoms with van der Waals surface area (Å²) >= 11 is 0. The molecule has 5 heteroatoms. The lowest BCUT2D eigenvalue weighted by atomic mass is 9.75. The summed E-state index contributed by atoms with van der Waals surface area (Å²) < 4.78 is 0. The molecule has 0 N–H and O–H groups in total. The SMILES string of the molecule is C=CCN(/C=C1/CC2C(=C[C@@H](C(=O)N(CC)CC)CN2C)/C(=C/C)C1=C)C(=O)CC1CC=CC1. The summed E-state index contributed by atoms with van der Waals surface area (Å²) in [6.07, 6.45) is 15.7. The van der Waals surface area contributed by atoms with E-state index < -0.39 is 0 Å². The topological polar surface area (TPSA) is 43.9 Å². The molecule has 0 aromatic rings. The summed E-state index contributed by atoms with van der Waals surface area (Å²) in [7, 11) is 2.10. The average molecular weight is 464 g/mol. The van der Waals surface area contributed by atoms with Crippen LogP contribution in [0, 0.1) is 11.8 Å². The zero-order valence-corrected chi connectivity index (χ0v) is 21.4. The molecule has 2 atom stereocenters. The van der Waals surface area contributed by atoms with Gasteiger partial charge in [0.15, 0.2) is 0 Å². The largest absolute Gasteiger partial charge is 0.343 e. The number of hydrogen-bond acceptors (Lipinski definition) is 3. The second kappa shape index (κ2) is 11.7. The standard InChI is InChI=1S/C29H41N3O2/c1-7-15-32(28(33)16-22-13-11-12-14-22)20-23-18-27-26(25(8-2)21(23)5)17-24(19-30(27)6)29(34)31(9-3)10-4/h7-8,11-12,17,20,22,24,27H,1,5,9-10,13-16,18-19H2,2-4,6H3/b23-20-,25-8+/t24-,27?/m1/s1. The first-order valence-corrected chi connectivity index (χ1v) is 12.7. The Morgan fingerprint density at radius 3 is 2.47 bits per heavy atom. The molecule has 1 unspecified atom stereocenters. The Kier molecular flexibility index (Phi) is 8.90. The van der Waals surface area contributed by atoms with E-state index in [-0.39, 0.29) is 23.8 Å². The van der Waals surface area contributed by atoms with E-state index in [1.54, 1.807) is 6.08 Å². The molecular weight excluding hydrogens is 422 g/mol. The average Bonchev–Trinajstić information content (AvgIpc) is 3.33. The van der Waals surface area contributed by atoms with Crippen LogP contribution in [-0.4, -0.2) is 65.8 Å². The van der Waals surface area contributed by atoms with Crippen molar-refractivity contribution in [3.8, 4) is 0 Å². The van der Waals surface area contributed by atoms with Crippen LogP contribution in [0.1, 0.15) is 46.5 Å². The van der Waals surface area contributed by atoms with Crippen molar-refractivity contribution in [3.05, 3.63) is 72.0 Å². The van der Waals surface area contributed by atoms with E-state index in [0.29, 0.717) is 25.4 Å². The Balaban J connectivity index is 1.87. The molecule has 0 saturated heterocycles. The predicted octanol–water partition coefficient (Wildman–Crippen LogP) is 4.87. The number of allylic oxidation sites excluding steroid dienone is 4. The lowest BCUT2D eigenvalue weighted by Crippen LogP contribution is -2.48. The van der Waals surface area contributed by atoms with E-state index in [9.17, 15) is 9.59 Å². The summed E-state index contributed by atoms with van der Waals surface area (Å²) in [6.45, 7) is 17.0. The third-order valence-electron chi connectivity index (χ3n) is 7.40. The first kappa shape index (κ1) is 26.0. The monoisotopic (exact) mass is 463 g/mol. The summed E-state index contributed by atoms with van der Waals surface area (Å²) in [5.74, 6) is 0.579. The van der Waals surface area contributed by atoms with Gasteiger partial charge in [-0.05, 0) is 75.3 Å². The van der Waals surface area contributed by atoms with Gasteiger partial charge in [0.25, 0.3) is 0 Å². The molecule has 0 radical (unpaired) electrons. The van der Waals surface area contributed by atoms with Crippen molar-refractivity contribution in [1.82, 2.24) is 14.7 Å². The van der Waals surface area contributed by atoms with E-state index in [0.717, 1.165) is 49.1 Å². The number of rotatable bonds is 8. The molecule has 184 valence electrons. The molecule has 3 rings (SSSR count). The van der Waals surface area contributed by atoms with Crippen molar-refractivity contribution in [2.24, 2.45) is 11.8 Å². The molecule has 1 heterocycles. The minimum Gasteiger partial charge on any atom is -0.343 e. The van der Waals surface area contributed by atoms with Crippen LogP contribution in [0.5, 0.6) is 0 Å². The molecule has 2 amide bonds. The fourth-order valence-electron chi connectivity index (χ4n) is 5.42. The molecule has 1 aliphatic heterocycles. The third kappa shape index (κ3) is 5.52. The van der Waals surface area contributed by atoms with Gasteiger partial charge in [-0.25, -0.2) is 0 Å². The summed E-state index contributed by atoms with van der Waals surface area (Å²) in [5.41, 5.74) is 4.29. The van der Waals surface area contributed by atoms with Gasteiger partial charge in [0.05, 0.1) is 5.92 Å². The number of likely N-dealkylation sites (N-methyl/N-ethyl adjacent to an activating group) is 1. The zero-order chi connectivity index (χ0) is 24.8. The maximum Gasteiger partial charge on any atom is 0.230 e. The number of carbonyl (C=O) groups excluding carboxylic acids is 2. The van der Waals surface area contributed by atoms with E-state index in [1.165, 1.54) is 5.57 Å². The van der Waals surface area contributed by atoms with Crippen LogP contribution in [-0.2, 0) is 9.59 Å². The van der Waals surface area contributed by atoms with E-state index in [1.807, 2.05) is 36.8 Å². The molecule has 0 aromatic carbocycles. The molecular formula is C29H41N3O2. The molecule has 3 aliphatic rings. The molecule has 1 saturated carbocycles. The molecule has 0 spiro atoms. The van der Waals surface area contributed by atoms with Crippen molar-refractivity contribution >= 4 is 11.8 Å². The highest BCUT2D eigenvalue weighted by atomic mass is 16.2. The van der Waals surface area contributed by atoms with Crippen LogP contribution < -0.4 is 0 Å². The molecule has 34 heavy (non-hydrogen) atoms. The van der Waals surface area contributed by atoms with Crippen molar-refractivity contribution in [2.75, 3.05) is 33.2 Å². The molecule has 2 aliphatic carbocycles. The van der Waals surface area contributed by atoms with Gasteiger partial charge in [0.2, 0.25) is 11.8 Å². The van der Waals surface area contributed by atoms with Crippen molar-refractivity contribution in [1.29, 1.82) is 0 Å². The van der Waals surface area contributed by atoms with Crippen LogP contribution in [0.15, 0.2) is 72.0 Å². The van der Waals surface area contributed by atoms with Crippen molar-refractivity contribution in [2.45, 2.75) is 52.5 Å².